The van der Waals surface area contributed by atoms with Gasteiger partial charge in [-0.1, -0.05) is 41.9 Å². The van der Waals surface area contributed by atoms with Gasteiger partial charge in [-0.15, -0.1) is 0 Å². The van der Waals surface area contributed by atoms with Crippen LogP contribution in [0.5, 0.6) is 0 Å². The molecule has 0 saturated carbocycles. The van der Waals surface area contributed by atoms with E-state index in [0.29, 0.717) is 22.8 Å². The zero-order valence-electron chi connectivity index (χ0n) is 11.6. The smallest absolute Gasteiger partial charge is 0.236 e. The van der Waals surface area contributed by atoms with Crippen molar-refractivity contribution in [2.75, 3.05) is 4.72 Å². The van der Waals surface area contributed by atoms with Crippen LogP contribution < -0.4 is 10.5 Å². The van der Waals surface area contributed by atoms with Crippen molar-refractivity contribution in [3.63, 3.8) is 0 Å². The topological polar surface area (TPSA) is 72.2 Å². The molecule has 0 spiro atoms. The highest BCUT2D eigenvalue weighted by atomic mass is 35.5. The molecule has 6 heteroatoms. The van der Waals surface area contributed by atoms with Crippen molar-refractivity contribution in [2.45, 2.75) is 19.2 Å². The maximum absolute atomic E-state index is 12.2. The second-order valence-electron chi connectivity index (χ2n) is 4.87. The zero-order chi connectivity index (χ0) is 15.5. The first-order valence-electron chi connectivity index (χ1n) is 6.44. The van der Waals surface area contributed by atoms with Gasteiger partial charge in [-0.2, -0.15) is 0 Å². The highest BCUT2D eigenvalue weighted by Crippen LogP contribution is 2.24. The predicted octanol–water partition coefficient (Wildman–Crippen LogP) is 3.05. The van der Waals surface area contributed by atoms with Gasteiger partial charge < -0.3 is 5.73 Å². The molecule has 2 aromatic rings. The van der Waals surface area contributed by atoms with Crippen molar-refractivity contribution in [1.29, 1.82) is 0 Å². The third kappa shape index (κ3) is 4.46. The standard InChI is InChI=1S/C15H17ClN2O2S/c1-11-5-6-15(14(16)7-11)18-21(19,20)10-13-4-2-3-12(8-13)9-17/h2-8,18H,9-10,17H2,1H3. The molecule has 0 aliphatic heterocycles. The van der Waals surface area contributed by atoms with Crippen LogP contribution in [0.1, 0.15) is 16.7 Å². The molecule has 3 N–H and O–H groups in total. The second-order valence-corrected chi connectivity index (χ2v) is 7.00. The number of halogens is 1. The molecule has 4 nitrogen and oxygen atoms in total. The van der Waals surface area contributed by atoms with Gasteiger partial charge >= 0.3 is 0 Å². The SMILES string of the molecule is Cc1ccc(NS(=O)(=O)Cc2cccc(CN)c2)c(Cl)c1. The van der Waals surface area contributed by atoms with Crippen molar-refractivity contribution in [3.8, 4) is 0 Å². The maximum Gasteiger partial charge on any atom is 0.236 e. The highest BCUT2D eigenvalue weighted by molar-refractivity contribution is 7.91. The number of rotatable bonds is 5. The summed E-state index contributed by atoms with van der Waals surface area (Å²) >= 11 is 6.04. The van der Waals surface area contributed by atoms with Gasteiger partial charge in [-0.25, -0.2) is 8.42 Å². The Balaban J connectivity index is 2.18. The van der Waals surface area contributed by atoms with Crippen LogP contribution in [0.2, 0.25) is 5.02 Å². The van der Waals surface area contributed by atoms with E-state index in [0.717, 1.165) is 11.1 Å². The molecule has 2 rings (SSSR count). The van der Waals surface area contributed by atoms with Crippen molar-refractivity contribution < 1.29 is 8.42 Å². The number of anilines is 1. The molecule has 0 aliphatic rings. The zero-order valence-corrected chi connectivity index (χ0v) is 13.2. The molecule has 0 heterocycles. The summed E-state index contributed by atoms with van der Waals surface area (Å²) in [6.07, 6.45) is 0. The molecule has 0 bridgehead atoms. The minimum Gasteiger partial charge on any atom is -0.326 e. The van der Waals surface area contributed by atoms with Crippen molar-refractivity contribution >= 4 is 27.3 Å². The Bertz CT molecular complexity index is 745. The summed E-state index contributed by atoms with van der Waals surface area (Å²) in [6, 6.07) is 12.4. The average molecular weight is 325 g/mol. The Hall–Kier alpha value is -1.56. The van der Waals surface area contributed by atoms with Crippen LogP contribution in [-0.2, 0) is 22.3 Å². The number of hydrogen-bond donors (Lipinski definition) is 2. The fourth-order valence-corrected chi connectivity index (χ4v) is 3.51. The largest absolute Gasteiger partial charge is 0.326 e. The number of hydrogen-bond acceptors (Lipinski definition) is 3. The lowest BCUT2D eigenvalue weighted by atomic mass is 10.1. The number of benzene rings is 2. The summed E-state index contributed by atoms with van der Waals surface area (Å²) in [5.74, 6) is -0.120. The highest BCUT2D eigenvalue weighted by Gasteiger charge is 2.14. The minimum absolute atomic E-state index is 0.120. The number of sulfonamides is 1. The third-order valence-corrected chi connectivity index (χ3v) is 4.53. The molecule has 2 aromatic carbocycles. The second kappa shape index (κ2) is 6.47. The van der Waals surface area contributed by atoms with E-state index in [1.807, 2.05) is 13.0 Å². The average Bonchev–Trinajstić information content (AvgIpc) is 2.41. The Morgan fingerprint density at radius 3 is 2.52 bits per heavy atom. The van der Waals surface area contributed by atoms with Gasteiger partial charge in [-0.05, 0) is 35.7 Å². The number of nitrogens with two attached hydrogens (primary N) is 1. The Kier molecular flexibility index (Phi) is 4.88. The lowest BCUT2D eigenvalue weighted by Gasteiger charge is -2.10. The van der Waals surface area contributed by atoms with E-state index in [9.17, 15) is 8.42 Å². The van der Waals surface area contributed by atoms with Gasteiger partial charge in [0.05, 0.1) is 16.5 Å². The van der Waals surface area contributed by atoms with Crippen LogP contribution in [0.4, 0.5) is 5.69 Å². The molecular formula is C15H17ClN2O2S. The first-order valence-corrected chi connectivity index (χ1v) is 8.47. The van der Waals surface area contributed by atoms with Gasteiger partial charge in [-0.3, -0.25) is 4.72 Å². The van der Waals surface area contributed by atoms with Crippen LogP contribution in [0.3, 0.4) is 0 Å². The minimum atomic E-state index is -3.52. The summed E-state index contributed by atoms with van der Waals surface area (Å²) in [5.41, 5.74) is 8.50. The summed E-state index contributed by atoms with van der Waals surface area (Å²) < 4.78 is 26.9. The molecule has 0 radical (unpaired) electrons. The first-order chi connectivity index (χ1) is 9.89. The molecule has 0 fully saturated rings. The predicted molar refractivity (Wildman–Crippen MR) is 86.8 cm³/mol. The Labute approximate surface area is 130 Å². The molecule has 112 valence electrons. The summed E-state index contributed by atoms with van der Waals surface area (Å²) in [6.45, 7) is 2.27. The van der Waals surface area contributed by atoms with Crippen molar-refractivity contribution in [1.82, 2.24) is 0 Å². The van der Waals surface area contributed by atoms with E-state index in [1.54, 1.807) is 36.4 Å². The first kappa shape index (κ1) is 15.8. The number of aryl methyl sites for hydroxylation is 1. The van der Waals surface area contributed by atoms with E-state index >= 15 is 0 Å². The van der Waals surface area contributed by atoms with Gasteiger partial charge in [0, 0.05) is 6.54 Å². The quantitative estimate of drug-likeness (QED) is 0.888. The van der Waals surface area contributed by atoms with Gasteiger partial charge in [0.25, 0.3) is 0 Å². The fourth-order valence-electron chi connectivity index (χ4n) is 1.97. The lowest BCUT2D eigenvalue weighted by Crippen LogP contribution is -2.15. The van der Waals surface area contributed by atoms with Crippen molar-refractivity contribution in [3.05, 3.63) is 64.2 Å². The van der Waals surface area contributed by atoms with Gasteiger partial charge in [0.15, 0.2) is 0 Å². The maximum atomic E-state index is 12.2. The fraction of sp³-hybridized carbons (Fsp3) is 0.200. The lowest BCUT2D eigenvalue weighted by molar-refractivity contribution is 0.600. The molecule has 0 atom stereocenters. The Morgan fingerprint density at radius 1 is 1.14 bits per heavy atom. The Morgan fingerprint density at radius 2 is 1.86 bits per heavy atom. The molecule has 0 unspecified atom stereocenters. The molecule has 0 aliphatic carbocycles. The summed E-state index contributed by atoms with van der Waals surface area (Å²) in [5, 5.41) is 0.384. The van der Waals surface area contributed by atoms with Gasteiger partial charge in [0.2, 0.25) is 10.0 Å². The van der Waals surface area contributed by atoms with Crippen LogP contribution in [0, 0.1) is 6.92 Å². The molecule has 0 saturated heterocycles. The monoisotopic (exact) mass is 324 g/mol. The van der Waals surface area contributed by atoms with E-state index in [2.05, 4.69) is 4.72 Å². The van der Waals surface area contributed by atoms with Crippen LogP contribution in [0.25, 0.3) is 0 Å². The molecular weight excluding hydrogens is 308 g/mol. The molecule has 21 heavy (non-hydrogen) atoms. The summed E-state index contributed by atoms with van der Waals surface area (Å²) in [4.78, 5) is 0. The molecule has 0 aromatic heterocycles. The summed E-state index contributed by atoms with van der Waals surface area (Å²) in [7, 11) is -3.52. The van der Waals surface area contributed by atoms with Crippen LogP contribution in [-0.4, -0.2) is 8.42 Å². The van der Waals surface area contributed by atoms with Crippen LogP contribution >= 0.6 is 11.6 Å². The van der Waals surface area contributed by atoms with E-state index in [1.165, 1.54) is 0 Å². The van der Waals surface area contributed by atoms with Crippen LogP contribution in [0.15, 0.2) is 42.5 Å². The molecule has 0 amide bonds. The number of nitrogens with one attached hydrogen (secondary N) is 1. The van der Waals surface area contributed by atoms with E-state index in [4.69, 9.17) is 17.3 Å². The third-order valence-electron chi connectivity index (χ3n) is 2.97. The van der Waals surface area contributed by atoms with Gasteiger partial charge in [0.1, 0.15) is 0 Å². The van der Waals surface area contributed by atoms with E-state index in [-0.39, 0.29) is 5.75 Å². The van der Waals surface area contributed by atoms with Crippen molar-refractivity contribution in [2.24, 2.45) is 5.73 Å². The van der Waals surface area contributed by atoms with E-state index < -0.39 is 10.0 Å². The normalized spacial score (nSPS) is 11.4.